The lowest BCUT2D eigenvalue weighted by Crippen LogP contribution is -3.13. The average molecular weight is 338 g/mol. The van der Waals surface area contributed by atoms with Gasteiger partial charge in [-0.3, -0.25) is 4.79 Å². The Morgan fingerprint density at radius 3 is 2.28 bits per heavy atom. The Balaban J connectivity index is 1.47. The minimum Gasteiger partial charge on any atom is -0.376 e. The number of amides is 1. The molecular formula is C21H28N3O+. The van der Waals surface area contributed by atoms with Crippen LogP contribution in [0, 0.1) is 13.8 Å². The van der Waals surface area contributed by atoms with Crippen molar-refractivity contribution in [3.63, 3.8) is 0 Å². The minimum absolute atomic E-state index is 0.196. The lowest BCUT2D eigenvalue weighted by molar-refractivity contribution is -0.917. The van der Waals surface area contributed by atoms with E-state index in [0.29, 0.717) is 6.54 Å². The summed E-state index contributed by atoms with van der Waals surface area (Å²) < 4.78 is 0. The van der Waals surface area contributed by atoms with Gasteiger partial charge in [0.05, 0.1) is 32.7 Å². The standard InChI is InChI=1S/C21H27N3O/c1-17-7-6-8-18(2)21(17)22-15-20(25)24-13-11-23(12-14-24)16-19-9-4-3-5-10-19/h3-10,22H,11-16H2,1-2H3/p+1. The summed E-state index contributed by atoms with van der Waals surface area (Å²) in [6.07, 6.45) is 0. The van der Waals surface area contributed by atoms with Crippen LogP contribution in [0.4, 0.5) is 5.69 Å². The number of carbonyl (C=O) groups is 1. The number of aryl methyl sites for hydroxylation is 2. The molecule has 2 aromatic carbocycles. The van der Waals surface area contributed by atoms with Crippen LogP contribution in [-0.4, -0.2) is 43.5 Å². The molecule has 4 nitrogen and oxygen atoms in total. The summed E-state index contributed by atoms with van der Waals surface area (Å²) in [5.41, 5.74) is 4.83. The van der Waals surface area contributed by atoms with E-state index in [1.807, 2.05) is 11.0 Å². The molecular weight excluding hydrogens is 310 g/mol. The van der Waals surface area contributed by atoms with Crippen molar-refractivity contribution < 1.29 is 9.69 Å². The molecule has 132 valence electrons. The number of nitrogens with zero attached hydrogens (tertiary/aromatic N) is 1. The number of hydrogen-bond acceptors (Lipinski definition) is 2. The van der Waals surface area contributed by atoms with Crippen LogP contribution in [0.1, 0.15) is 16.7 Å². The highest BCUT2D eigenvalue weighted by Gasteiger charge is 2.23. The Bertz CT molecular complexity index is 686. The molecule has 1 aliphatic rings. The molecule has 0 bridgehead atoms. The summed E-state index contributed by atoms with van der Waals surface area (Å²) in [4.78, 5) is 16.1. The van der Waals surface area contributed by atoms with E-state index in [4.69, 9.17) is 0 Å². The zero-order valence-corrected chi connectivity index (χ0v) is 15.2. The highest BCUT2D eigenvalue weighted by molar-refractivity contribution is 5.81. The second kappa shape index (κ2) is 8.17. The zero-order valence-electron chi connectivity index (χ0n) is 15.2. The van der Waals surface area contributed by atoms with Gasteiger partial charge in [0.25, 0.3) is 0 Å². The number of quaternary nitrogens is 1. The molecule has 2 N–H and O–H groups in total. The third-order valence-electron chi connectivity index (χ3n) is 5.02. The van der Waals surface area contributed by atoms with Crippen LogP contribution in [0.2, 0.25) is 0 Å². The molecule has 0 radical (unpaired) electrons. The summed E-state index contributed by atoms with van der Waals surface area (Å²) in [6, 6.07) is 16.8. The molecule has 4 heteroatoms. The quantitative estimate of drug-likeness (QED) is 0.870. The van der Waals surface area contributed by atoms with Gasteiger partial charge in [-0.1, -0.05) is 48.5 Å². The Hall–Kier alpha value is -2.33. The van der Waals surface area contributed by atoms with Crippen molar-refractivity contribution in [3.8, 4) is 0 Å². The fourth-order valence-electron chi connectivity index (χ4n) is 3.50. The maximum Gasteiger partial charge on any atom is 0.242 e. The van der Waals surface area contributed by atoms with Crippen molar-refractivity contribution in [1.82, 2.24) is 4.90 Å². The van der Waals surface area contributed by atoms with E-state index < -0.39 is 0 Å². The van der Waals surface area contributed by atoms with E-state index >= 15 is 0 Å². The molecule has 1 saturated heterocycles. The molecule has 1 heterocycles. The Morgan fingerprint density at radius 2 is 1.64 bits per heavy atom. The van der Waals surface area contributed by atoms with Crippen molar-refractivity contribution in [2.75, 3.05) is 38.0 Å². The molecule has 1 amide bonds. The first-order valence-corrected chi connectivity index (χ1v) is 9.09. The van der Waals surface area contributed by atoms with Crippen molar-refractivity contribution in [2.24, 2.45) is 0 Å². The number of hydrogen-bond donors (Lipinski definition) is 2. The molecule has 0 aliphatic carbocycles. The van der Waals surface area contributed by atoms with Gasteiger partial charge >= 0.3 is 0 Å². The number of nitrogens with one attached hydrogen (secondary N) is 2. The van der Waals surface area contributed by atoms with Gasteiger partial charge in [0.2, 0.25) is 5.91 Å². The number of carbonyl (C=O) groups excluding carboxylic acids is 1. The van der Waals surface area contributed by atoms with E-state index in [1.54, 1.807) is 4.90 Å². The summed E-state index contributed by atoms with van der Waals surface area (Å²) in [6.45, 7) is 9.29. The van der Waals surface area contributed by atoms with Gasteiger partial charge in [-0.05, 0) is 25.0 Å². The molecule has 0 saturated carbocycles. The monoisotopic (exact) mass is 338 g/mol. The van der Waals surface area contributed by atoms with Crippen LogP contribution in [0.3, 0.4) is 0 Å². The van der Waals surface area contributed by atoms with Crippen LogP contribution in [0.5, 0.6) is 0 Å². The van der Waals surface area contributed by atoms with Crippen LogP contribution < -0.4 is 10.2 Å². The number of anilines is 1. The summed E-state index contributed by atoms with van der Waals surface area (Å²) in [5, 5.41) is 3.33. The van der Waals surface area contributed by atoms with Crippen molar-refractivity contribution in [2.45, 2.75) is 20.4 Å². The van der Waals surface area contributed by atoms with E-state index in [-0.39, 0.29) is 5.91 Å². The minimum atomic E-state index is 0.196. The van der Waals surface area contributed by atoms with Gasteiger partial charge < -0.3 is 15.1 Å². The molecule has 0 atom stereocenters. The summed E-state index contributed by atoms with van der Waals surface area (Å²) in [5.74, 6) is 0.196. The largest absolute Gasteiger partial charge is 0.376 e. The fourth-order valence-corrected chi connectivity index (χ4v) is 3.50. The van der Waals surface area contributed by atoms with Crippen molar-refractivity contribution in [1.29, 1.82) is 0 Å². The van der Waals surface area contributed by atoms with E-state index in [0.717, 1.165) is 38.4 Å². The van der Waals surface area contributed by atoms with Gasteiger partial charge in [0, 0.05) is 11.3 Å². The van der Waals surface area contributed by atoms with E-state index in [2.05, 4.69) is 61.6 Å². The highest BCUT2D eigenvalue weighted by atomic mass is 16.2. The third-order valence-corrected chi connectivity index (χ3v) is 5.02. The summed E-state index contributed by atoms with van der Waals surface area (Å²) >= 11 is 0. The van der Waals surface area contributed by atoms with Crippen LogP contribution >= 0.6 is 0 Å². The molecule has 3 rings (SSSR count). The molecule has 2 aromatic rings. The molecule has 25 heavy (non-hydrogen) atoms. The lowest BCUT2D eigenvalue weighted by Gasteiger charge is -2.32. The second-order valence-electron chi connectivity index (χ2n) is 6.91. The lowest BCUT2D eigenvalue weighted by atomic mass is 10.1. The molecule has 0 unspecified atom stereocenters. The predicted molar refractivity (Wildman–Crippen MR) is 102 cm³/mol. The fraction of sp³-hybridized carbons (Fsp3) is 0.381. The van der Waals surface area contributed by atoms with Gasteiger partial charge in [0.1, 0.15) is 6.54 Å². The first kappa shape index (κ1) is 17.5. The maximum absolute atomic E-state index is 12.5. The van der Waals surface area contributed by atoms with Crippen LogP contribution in [0.25, 0.3) is 0 Å². The van der Waals surface area contributed by atoms with Gasteiger partial charge in [0.15, 0.2) is 0 Å². The number of rotatable bonds is 5. The van der Waals surface area contributed by atoms with Crippen molar-refractivity contribution in [3.05, 3.63) is 65.2 Å². The predicted octanol–water partition coefficient (Wildman–Crippen LogP) is 1.64. The highest BCUT2D eigenvalue weighted by Crippen LogP contribution is 2.19. The van der Waals surface area contributed by atoms with Crippen LogP contribution in [0.15, 0.2) is 48.5 Å². The Labute approximate surface area is 150 Å². The van der Waals surface area contributed by atoms with Gasteiger partial charge in [-0.25, -0.2) is 0 Å². The number of para-hydroxylation sites is 1. The zero-order chi connectivity index (χ0) is 17.6. The number of piperazine rings is 1. The SMILES string of the molecule is Cc1cccc(C)c1NCC(=O)N1CC[NH+](Cc2ccccc2)CC1. The first-order chi connectivity index (χ1) is 12.1. The smallest absolute Gasteiger partial charge is 0.242 e. The molecule has 0 spiro atoms. The van der Waals surface area contributed by atoms with Crippen LogP contribution in [-0.2, 0) is 11.3 Å². The Kier molecular flexibility index (Phi) is 5.71. The van der Waals surface area contributed by atoms with Gasteiger partial charge in [-0.2, -0.15) is 0 Å². The first-order valence-electron chi connectivity index (χ1n) is 9.09. The normalized spacial score (nSPS) is 15.2. The second-order valence-corrected chi connectivity index (χ2v) is 6.91. The third kappa shape index (κ3) is 4.60. The van der Waals surface area contributed by atoms with E-state index in [1.165, 1.54) is 16.7 Å². The Morgan fingerprint density at radius 1 is 1.00 bits per heavy atom. The molecule has 1 fully saturated rings. The van der Waals surface area contributed by atoms with Gasteiger partial charge in [-0.15, -0.1) is 0 Å². The number of benzene rings is 2. The molecule has 1 aliphatic heterocycles. The topological polar surface area (TPSA) is 36.8 Å². The molecule has 0 aromatic heterocycles. The van der Waals surface area contributed by atoms with E-state index in [9.17, 15) is 4.79 Å². The summed E-state index contributed by atoms with van der Waals surface area (Å²) in [7, 11) is 0. The average Bonchev–Trinajstić information content (AvgIpc) is 2.62. The maximum atomic E-state index is 12.5. The van der Waals surface area contributed by atoms with Crippen molar-refractivity contribution >= 4 is 11.6 Å².